The van der Waals surface area contributed by atoms with E-state index in [9.17, 15) is 28.5 Å². The van der Waals surface area contributed by atoms with Crippen LogP contribution in [-0.2, 0) is 0 Å². The molecule has 3 aromatic carbocycles. The van der Waals surface area contributed by atoms with Gasteiger partial charge in [-0.1, -0.05) is 0 Å². The van der Waals surface area contributed by atoms with Crippen LogP contribution in [0, 0.1) is 27.6 Å². The molecule has 1 amide bonds. The number of anilines is 1. The van der Waals surface area contributed by atoms with Gasteiger partial charge in [-0.25, -0.2) is 18.2 Å². The highest BCUT2D eigenvalue weighted by atomic mass is 19.1. The molecule has 3 heterocycles. The van der Waals surface area contributed by atoms with E-state index in [1.54, 1.807) is 6.92 Å². The number of hydrogen-bond acceptors (Lipinski definition) is 7. The van der Waals surface area contributed by atoms with Crippen LogP contribution in [0.4, 0.5) is 24.5 Å². The molecular formula is C33H22F3N5O6. The van der Waals surface area contributed by atoms with Crippen LogP contribution in [0.15, 0.2) is 96.2 Å². The number of rotatable bonds is 9. The number of non-ortho nitro benzene ring substituents is 1. The van der Waals surface area contributed by atoms with E-state index in [-0.39, 0.29) is 63.0 Å². The van der Waals surface area contributed by atoms with Gasteiger partial charge in [0.2, 0.25) is 0 Å². The van der Waals surface area contributed by atoms with Gasteiger partial charge < -0.3 is 19.8 Å². The Balaban J connectivity index is 1.30. The number of halogens is 3. The molecule has 0 saturated heterocycles. The number of aromatic amines is 1. The second kappa shape index (κ2) is 12.5. The summed E-state index contributed by atoms with van der Waals surface area (Å²) in [7, 11) is 0. The predicted molar refractivity (Wildman–Crippen MR) is 166 cm³/mol. The van der Waals surface area contributed by atoms with Gasteiger partial charge in [0.1, 0.15) is 34.3 Å². The Morgan fingerprint density at radius 3 is 2.47 bits per heavy atom. The molecule has 14 heteroatoms. The molecule has 0 aliphatic rings. The van der Waals surface area contributed by atoms with Crippen LogP contribution in [-0.4, -0.2) is 32.0 Å². The number of pyridine rings is 2. The highest BCUT2D eigenvalue weighted by Crippen LogP contribution is 2.39. The number of H-pyrrole nitrogens is 1. The summed E-state index contributed by atoms with van der Waals surface area (Å²) in [6.45, 7) is 1.83. The normalized spacial score (nSPS) is 11.0. The molecule has 6 aromatic rings. The standard InChI is InChI=1S/C33H22F3N5O6/c1-2-46-27-12-14-40(20-6-3-18(34)4-7-20)33(43)30(27)32(42)39-19-5-10-26(25(36)15-19)47-28-11-13-37-31-29(28)23(17-38-31)22-16-21(41(44)45)8-9-24(22)35/h3-17H,2H2,1H3,(H,37,38)(H,39,42). The van der Waals surface area contributed by atoms with Crippen molar-refractivity contribution in [2.45, 2.75) is 6.92 Å². The third-order valence-corrected chi connectivity index (χ3v) is 7.08. The maximum absolute atomic E-state index is 15.4. The van der Waals surface area contributed by atoms with Gasteiger partial charge in [-0.05, 0) is 61.5 Å². The van der Waals surface area contributed by atoms with Crippen LogP contribution in [0.5, 0.6) is 17.2 Å². The average molecular weight is 642 g/mol. The number of aromatic nitrogens is 3. The summed E-state index contributed by atoms with van der Waals surface area (Å²) in [5.41, 5.74) is -0.766. The molecule has 3 aromatic heterocycles. The highest BCUT2D eigenvalue weighted by molar-refractivity contribution is 6.06. The van der Waals surface area contributed by atoms with Crippen molar-refractivity contribution in [3.63, 3.8) is 0 Å². The number of carbonyl (C=O) groups excluding carboxylic acids is 1. The lowest BCUT2D eigenvalue weighted by Gasteiger charge is -2.14. The Morgan fingerprint density at radius 2 is 1.74 bits per heavy atom. The van der Waals surface area contributed by atoms with Crippen LogP contribution >= 0.6 is 0 Å². The molecule has 0 aliphatic carbocycles. The first-order chi connectivity index (χ1) is 22.6. The third-order valence-electron chi connectivity index (χ3n) is 7.08. The van der Waals surface area contributed by atoms with Gasteiger partial charge in [0.05, 0.1) is 16.9 Å². The van der Waals surface area contributed by atoms with Crippen molar-refractivity contribution in [3.05, 3.63) is 135 Å². The van der Waals surface area contributed by atoms with Crippen molar-refractivity contribution < 1.29 is 32.4 Å². The van der Waals surface area contributed by atoms with E-state index in [1.807, 2.05) is 0 Å². The number of carbonyl (C=O) groups is 1. The molecule has 6 rings (SSSR count). The number of amides is 1. The molecule has 0 radical (unpaired) electrons. The Kier molecular flexibility index (Phi) is 8.14. The van der Waals surface area contributed by atoms with E-state index in [0.717, 1.165) is 28.8 Å². The number of nitro benzene ring substituents is 1. The summed E-state index contributed by atoms with van der Waals surface area (Å²) < 4.78 is 56.1. The SMILES string of the molecule is CCOc1ccn(-c2ccc(F)cc2)c(=O)c1C(=O)Nc1ccc(Oc2ccnc3[nH]cc(-c4cc([N+](=O)[O-])ccc4F)c23)c(F)c1. The van der Waals surface area contributed by atoms with E-state index < -0.39 is 33.8 Å². The van der Waals surface area contributed by atoms with Gasteiger partial charge in [0.15, 0.2) is 11.6 Å². The summed E-state index contributed by atoms with van der Waals surface area (Å²) in [6, 6.07) is 14.6. The van der Waals surface area contributed by atoms with Gasteiger partial charge >= 0.3 is 0 Å². The summed E-state index contributed by atoms with van der Waals surface area (Å²) in [5, 5.41) is 14.0. The molecule has 0 bridgehead atoms. The minimum atomic E-state index is -0.895. The van der Waals surface area contributed by atoms with Gasteiger partial charge in [-0.3, -0.25) is 24.3 Å². The predicted octanol–water partition coefficient (Wildman–Crippen LogP) is 7.15. The number of benzene rings is 3. The second-order valence-corrected chi connectivity index (χ2v) is 10.00. The van der Waals surface area contributed by atoms with E-state index in [4.69, 9.17) is 9.47 Å². The van der Waals surface area contributed by atoms with E-state index >= 15 is 4.39 Å². The first kappa shape index (κ1) is 30.6. The summed E-state index contributed by atoms with van der Waals surface area (Å²) in [5.74, 6) is -3.21. The lowest BCUT2D eigenvalue weighted by molar-refractivity contribution is -0.384. The molecule has 0 spiro atoms. The summed E-state index contributed by atoms with van der Waals surface area (Å²) in [4.78, 5) is 44.4. The van der Waals surface area contributed by atoms with E-state index in [1.165, 1.54) is 67.1 Å². The monoisotopic (exact) mass is 641 g/mol. The Bertz CT molecular complexity index is 2230. The van der Waals surface area contributed by atoms with Gasteiger partial charge in [0, 0.05) is 59.3 Å². The van der Waals surface area contributed by atoms with Gasteiger partial charge in [-0.15, -0.1) is 0 Å². The van der Waals surface area contributed by atoms with Crippen molar-refractivity contribution in [2.75, 3.05) is 11.9 Å². The van der Waals surface area contributed by atoms with Crippen molar-refractivity contribution in [1.29, 1.82) is 0 Å². The Morgan fingerprint density at radius 1 is 0.957 bits per heavy atom. The first-order valence-corrected chi connectivity index (χ1v) is 14.0. The number of nitrogens with zero attached hydrogens (tertiary/aromatic N) is 3. The minimum Gasteiger partial charge on any atom is -0.493 e. The van der Waals surface area contributed by atoms with Crippen molar-refractivity contribution in [1.82, 2.24) is 14.5 Å². The van der Waals surface area contributed by atoms with Crippen molar-refractivity contribution in [2.24, 2.45) is 0 Å². The molecule has 2 N–H and O–H groups in total. The van der Waals surface area contributed by atoms with E-state index in [0.29, 0.717) is 5.69 Å². The molecular weight excluding hydrogens is 619 g/mol. The molecule has 0 atom stereocenters. The molecule has 47 heavy (non-hydrogen) atoms. The topological polar surface area (TPSA) is 141 Å². The van der Waals surface area contributed by atoms with Crippen LogP contribution in [0.2, 0.25) is 0 Å². The average Bonchev–Trinajstić information content (AvgIpc) is 3.48. The first-order valence-electron chi connectivity index (χ1n) is 14.0. The summed E-state index contributed by atoms with van der Waals surface area (Å²) in [6.07, 6.45) is 4.18. The Hall–Kier alpha value is -6.44. The van der Waals surface area contributed by atoms with Crippen LogP contribution < -0.4 is 20.3 Å². The van der Waals surface area contributed by atoms with Crippen molar-refractivity contribution >= 4 is 28.3 Å². The number of fused-ring (bicyclic) bond motifs is 1. The molecule has 0 saturated carbocycles. The quantitative estimate of drug-likeness (QED) is 0.126. The fourth-order valence-corrected chi connectivity index (χ4v) is 4.94. The Labute approximate surface area is 263 Å². The smallest absolute Gasteiger partial charge is 0.271 e. The maximum atomic E-state index is 15.4. The van der Waals surface area contributed by atoms with E-state index in [2.05, 4.69) is 15.3 Å². The zero-order valence-electron chi connectivity index (χ0n) is 24.3. The number of nitrogens with one attached hydrogen (secondary N) is 2. The van der Waals surface area contributed by atoms with Gasteiger partial charge in [0.25, 0.3) is 17.2 Å². The third kappa shape index (κ3) is 5.99. The second-order valence-electron chi connectivity index (χ2n) is 10.00. The fourth-order valence-electron chi connectivity index (χ4n) is 4.94. The molecule has 0 fully saturated rings. The molecule has 236 valence electrons. The van der Waals surface area contributed by atoms with Crippen LogP contribution in [0.1, 0.15) is 17.3 Å². The minimum absolute atomic E-state index is 0.00187. The highest BCUT2D eigenvalue weighted by Gasteiger charge is 2.22. The van der Waals surface area contributed by atoms with Crippen LogP contribution in [0.25, 0.3) is 27.8 Å². The largest absolute Gasteiger partial charge is 0.493 e. The number of nitro groups is 1. The van der Waals surface area contributed by atoms with Crippen molar-refractivity contribution in [3.8, 4) is 34.1 Å². The molecule has 11 nitrogen and oxygen atoms in total. The fraction of sp³-hybridized carbons (Fsp3) is 0.0606. The zero-order chi connectivity index (χ0) is 33.2. The molecule has 0 unspecified atom stereocenters. The maximum Gasteiger partial charge on any atom is 0.271 e. The zero-order valence-corrected chi connectivity index (χ0v) is 24.3. The number of ether oxygens (including phenoxy) is 2. The number of hydrogen-bond donors (Lipinski definition) is 2. The van der Waals surface area contributed by atoms with Crippen LogP contribution in [0.3, 0.4) is 0 Å². The molecule has 0 aliphatic heterocycles. The van der Waals surface area contributed by atoms with Gasteiger partial charge in [-0.2, -0.15) is 0 Å². The lowest BCUT2D eigenvalue weighted by Crippen LogP contribution is -2.29. The summed E-state index contributed by atoms with van der Waals surface area (Å²) >= 11 is 0. The lowest BCUT2D eigenvalue weighted by atomic mass is 10.0.